The van der Waals surface area contributed by atoms with Crippen LogP contribution in [0.25, 0.3) is 0 Å². The van der Waals surface area contributed by atoms with Crippen LogP contribution in [0.15, 0.2) is 0 Å². The first kappa shape index (κ1) is 13.2. The molecule has 2 fully saturated rings. The molecule has 0 aromatic rings. The van der Waals surface area contributed by atoms with E-state index in [0.717, 1.165) is 13.0 Å². The third kappa shape index (κ3) is 2.79. The topological polar surface area (TPSA) is 32.3 Å². The Morgan fingerprint density at radius 3 is 2.71 bits per heavy atom. The summed E-state index contributed by atoms with van der Waals surface area (Å²) in [5.41, 5.74) is 0. The summed E-state index contributed by atoms with van der Waals surface area (Å²) in [6.07, 6.45) is 10.1. The van der Waals surface area contributed by atoms with Crippen molar-refractivity contribution in [2.24, 2.45) is 0 Å². The van der Waals surface area contributed by atoms with E-state index in [9.17, 15) is 4.79 Å². The molecule has 1 atom stereocenters. The predicted octanol–water partition coefficient (Wildman–Crippen LogP) is 2.22. The van der Waals surface area contributed by atoms with Crippen molar-refractivity contribution in [1.82, 2.24) is 10.2 Å². The van der Waals surface area contributed by atoms with Gasteiger partial charge in [0.2, 0.25) is 5.91 Å². The number of hydrogen-bond acceptors (Lipinski definition) is 3. The van der Waals surface area contributed by atoms with E-state index in [2.05, 4.69) is 23.4 Å². The molecule has 3 nitrogen and oxygen atoms in total. The Labute approximate surface area is 109 Å². The Kier molecular flexibility index (Phi) is 4.36. The zero-order chi connectivity index (χ0) is 12.3. The molecule has 0 radical (unpaired) electrons. The number of carbonyl (C=O) groups excluding carboxylic acids is 1. The van der Waals surface area contributed by atoms with Gasteiger partial charge < -0.3 is 4.90 Å². The normalized spacial score (nSPS) is 28.7. The van der Waals surface area contributed by atoms with Crippen molar-refractivity contribution in [3.05, 3.63) is 0 Å². The van der Waals surface area contributed by atoms with Crippen LogP contribution in [0.3, 0.4) is 0 Å². The molecule has 0 aromatic carbocycles. The van der Waals surface area contributed by atoms with Gasteiger partial charge in [0.05, 0.1) is 12.7 Å². The molecule has 1 heterocycles. The summed E-state index contributed by atoms with van der Waals surface area (Å²) in [4.78, 5) is 14.0. The summed E-state index contributed by atoms with van der Waals surface area (Å²) in [6, 6.07) is 0. The van der Waals surface area contributed by atoms with Crippen LogP contribution < -0.4 is 5.32 Å². The second-order valence-corrected chi connectivity index (χ2v) is 6.55. The lowest BCUT2D eigenvalue weighted by Gasteiger charge is -2.40. The fraction of sp³-hybridized carbons (Fsp3) is 0.923. The lowest BCUT2D eigenvalue weighted by molar-refractivity contribution is -0.128. The molecule has 1 amide bonds. The van der Waals surface area contributed by atoms with Gasteiger partial charge in [0.15, 0.2) is 0 Å². The molecule has 17 heavy (non-hydrogen) atoms. The van der Waals surface area contributed by atoms with Crippen molar-refractivity contribution < 1.29 is 4.79 Å². The molecule has 1 aliphatic carbocycles. The highest BCUT2D eigenvalue weighted by Crippen LogP contribution is 2.39. The van der Waals surface area contributed by atoms with Crippen LogP contribution in [0.2, 0.25) is 0 Å². The van der Waals surface area contributed by atoms with E-state index >= 15 is 0 Å². The largest absolute Gasteiger partial charge is 0.325 e. The van der Waals surface area contributed by atoms with Crippen molar-refractivity contribution in [3.8, 4) is 0 Å². The molecule has 2 aliphatic rings. The number of nitrogens with zero attached hydrogens (tertiary/aromatic N) is 1. The summed E-state index contributed by atoms with van der Waals surface area (Å²) in [6.45, 7) is 3.62. The standard InChI is InChI=1S/C13H24N2OS/c1-3-11-14-9-12(16)15(11)10-13(17-2)7-5-4-6-8-13/h11,14H,3-10H2,1-2H3. The second-order valence-electron chi connectivity index (χ2n) is 5.27. The smallest absolute Gasteiger partial charge is 0.237 e. The Morgan fingerprint density at radius 1 is 1.41 bits per heavy atom. The molecule has 4 heteroatoms. The third-order valence-electron chi connectivity index (χ3n) is 4.23. The first-order chi connectivity index (χ1) is 8.21. The van der Waals surface area contributed by atoms with Gasteiger partial charge in [0.25, 0.3) is 0 Å². The Bertz CT molecular complexity index is 277. The zero-order valence-electron chi connectivity index (χ0n) is 11.0. The molecule has 98 valence electrons. The van der Waals surface area contributed by atoms with Gasteiger partial charge in [-0.2, -0.15) is 11.8 Å². The van der Waals surface area contributed by atoms with E-state index in [1.165, 1.54) is 32.1 Å². The van der Waals surface area contributed by atoms with Crippen LogP contribution >= 0.6 is 11.8 Å². The minimum atomic E-state index is 0.272. The average molecular weight is 256 g/mol. The van der Waals surface area contributed by atoms with Crippen LogP contribution in [0.1, 0.15) is 45.4 Å². The maximum atomic E-state index is 11.9. The van der Waals surface area contributed by atoms with Gasteiger partial charge in [-0.3, -0.25) is 10.1 Å². The van der Waals surface area contributed by atoms with Crippen molar-refractivity contribution in [3.63, 3.8) is 0 Å². The number of hydrogen-bond donors (Lipinski definition) is 1. The summed E-state index contributed by atoms with van der Waals surface area (Å²) >= 11 is 1.97. The molecular weight excluding hydrogens is 232 g/mol. The number of rotatable bonds is 4. The fourth-order valence-corrected chi connectivity index (χ4v) is 4.05. The lowest BCUT2D eigenvalue weighted by Crippen LogP contribution is -2.47. The summed E-state index contributed by atoms with van der Waals surface area (Å²) < 4.78 is 0.327. The van der Waals surface area contributed by atoms with Crippen molar-refractivity contribution >= 4 is 17.7 Å². The Morgan fingerprint density at radius 2 is 2.12 bits per heavy atom. The Hall–Kier alpha value is -0.220. The number of thioether (sulfide) groups is 1. The monoisotopic (exact) mass is 256 g/mol. The highest BCUT2D eigenvalue weighted by atomic mass is 32.2. The van der Waals surface area contributed by atoms with E-state index < -0.39 is 0 Å². The van der Waals surface area contributed by atoms with E-state index in [1.807, 2.05) is 11.8 Å². The van der Waals surface area contributed by atoms with Gasteiger partial charge in [-0.1, -0.05) is 26.2 Å². The second kappa shape index (κ2) is 5.61. The van der Waals surface area contributed by atoms with Gasteiger partial charge >= 0.3 is 0 Å². The predicted molar refractivity (Wildman–Crippen MR) is 73.1 cm³/mol. The van der Waals surface area contributed by atoms with Crippen LogP contribution in [0.4, 0.5) is 0 Å². The first-order valence-corrected chi connectivity index (χ1v) is 8.01. The minimum absolute atomic E-state index is 0.272. The van der Waals surface area contributed by atoms with Crippen molar-refractivity contribution in [2.45, 2.75) is 56.4 Å². The van der Waals surface area contributed by atoms with E-state index in [0.29, 0.717) is 11.3 Å². The van der Waals surface area contributed by atoms with E-state index in [-0.39, 0.29) is 12.1 Å². The van der Waals surface area contributed by atoms with Crippen LogP contribution in [-0.2, 0) is 4.79 Å². The molecule has 1 saturated heterocycles. The highest BCUT2D eigenvalue weighted by Gasteiger charge is 2.38. The zero-order valence-corrected chi connectivity index (χ0v) is 11.8. The molecule has 1 aliphatic heterocycles. The van der Waals surface area contributed by atoms with Gasteiger partial charge in [0.1, 0.15) is 0 Å². The summed E-state index contributed by atoms with van der Waals surface area (Å²) in [5, 5.41) is 3.30. The SMILES string of the molecule is CCC1NCC(=O)N1CC1(SC)CCCCC1. The molecule has 0 spiro atoms. The quantitative estimate of drug-likeness (QED) is 0.837. The molecule has 1 N–H and O–H groups in total. The number of amides is 1. The summed E-state index contributed by atoms with van der Waals surface area (Å²) in [7, 11) is 0. The molecule has 1 unspecified atom stereocenters. The van der Waals surface area contributed by atoms with Crippen LogP contribution in [-0.4, -0.2) is 41.1 Å². The van der Waals surface area contributed by atoms with E-state index in [4.69, 9.17) is 0 Å². The molecule has 0 aromatic heterocycles. The Balaban J connectivity index is 2.04. The van der Waals surface area contributed by atoms with Crippen molar-refractivity contribution in [1.29, 1.82) is 0 Å². The molecular formula is C13H24N2OS. The third-order valence-corrected chi connectivity index (χ3v) is 5.63. The molecule has 2 rings (SSSR count). The maximum Gasteiger partial charge on any atom is 0.237 e. The van der Waals surface area contributed by atoms with Gasteiger partial charge in [-0.25, -0.2) is 0 Å². The average Bonchev–Trinajstić information content (AvgIpc) is 2.72. The molecule has 0 bridgehead atoms. The van der Waals surface area contributed by atoms with Gasteiger partial charge in [-0.15, -0.1) is 0 Å². The van der Waals surface area contributed by atoms with Crippen molar-refractivity contribution in [2.75, 3.05) is 19.3 Å². The van der Waals surface area contributed by atoms with E-state index in [1.54, 1.807) is 0 Å². The minimum Gasteiger partial charge on any atom is -0.325 e. The van der Waals surface area contributed by atoms with Gasteiger partial charge in [0, 0.05) is 11.3 Å². The highest BCUT2D eigenvalue weighted by molar-refractivity contribution is 8.00. The van der Waals surface area contributed by atoms with Gasteiger partial charge in [-0.05, 0) is 25.5 Å². The maximum absolute atomic E-state index is 11.9. The fourth-order valence-electron chi connectivity index (χ4n) is 3.09. The van der Waals surface area contributed by atoms with Crippen LogP contribution in [0.5, 0.6) is 0 Å². The lowest BCUT2D eigenvalue weighted by atomic mass is 9.87. The summed E-state index contributed by atoms with van der Waals surface area (Å²) in [5.74, 6) is 0.288. The molecule has 1 saturated carbocycles. The van der Waals surface area contributed by atoms with Crippen LogP contribution in [0, 0.1) is 0 Å². The number of nitrogens with one attached hydrogen (secondary N) is 1. The first-order valence-electron chi connectivity index (χ1n) is 6.79. The number of carbonyl (C=O) groups is 1.